The molecule has 1 unspecified atom stereocenters. The van der Waals surface area contributed by atoms with E-state index in [2.05, 4.69) is 9.78 Å². The zero-order valence-electron chi connectivity index (χ0n) is 26.5. The molecule has 0 aliphatic heterocycles. The van der Waals surface area contributed by atoms with Gasteiger partial charge in [-0.2, -0.15) is 13.2 Å². The summed E-state index contributed by atoms with van der Waals surface area (Å²) in [5, 5.41) is 0. The first-order valence-corrected chi connectivity index (χ1v) is 14.9. The molecule has 0 N–H and O–H groups in total. The van der Waals surface area contributed by atoms with E-state index in [1.807, 2.05) is 32.0 Å². The number of ether oxygens (including phenoxy) is 1. The Morgan fingerprint density at radius 2 is 1.51 bits per heavy atom. The van der Waals surface area contributed by atoms with Gasteiger partial charge in [0.05, 0.1) is 12.2 Å². The maximum atomic E-state index is 13.1. The number of aryl methyl sites for hydroxylation is 3. The van der Waals surface area contributed by atoms with Crippen LogP contribution in [0.1, 0.15) is 73.4 Å². The topological polar surface area (TPSA) is 65.1 Å². The molecule has 0 heterocycles. The Hall–Kier alpha value is -4.16. The largest absolute Gasteiger partial charge is 0.549 e. The molecule has 0 spiro atoms. The third kappa shape index (κ3) is 11.9. The van der Waals surface area contributed by atoms with Crippen molar-refractivity contribution in [3.8, 4) is 5.75 Å². The summed E-state index contributed by atoms with van der Waals surface area (Å²) in [5.41, 5.74) is 5.52. The van der Waals surface area contributed by atoms with Crippen molar-refractivity contribution < 1.29 is 50.4 Å². The van der Waals surface area contributed by atoms with E-state index in [0.29, 0.717) is 54.2 Å². The molecule has 12 heteroatoms. The van der Waals surface area contributed by atoms with Gasteiger partial charge in [0.1, 0.15) is 5.75 Å². The maximum Gasteiger partial charge on any atom is 0.549 e. The van der Waals surface area contributed by atoms with Gasteiger partial charge in [-0.25, -0.2) is 4.89 Å². The second kappa shape index (κ2) is 16.6. The van der Waals surface area contributed by atoms with Crippen molar-refractivity contribution >= 4 is 18.3 Å². The van der Waals surface area contributed by atoms with Crippen LogP contribution in [0, 0.1) is 20.8 Å². The molecule has 1 atom stereocenters. The first-order valence-electron chi connectivity index (χ1n) is 14.9. The Morgan fingerprint density at radius 1 is 0.851 bits per heavy atom. The number of aldehydes is 1. The number of carbonyl (C=O) groups excluding carboxylic acids is 2. The Kier molecular flexibility index (Phi) is 13.2. The number of unbranched alkanes of at least 4 members (excludes halogenated alkanes) is 2. The van der Waals surface area contributed by atoms with Crippen molar-refractivity contribution in [1.82, 2.24) is 4.90 Å². The zero-order chi connectivity index (χ0) is 34.8. The van der Waals surface area contributed by atoms with Crippen LogP contribution < -0.4 is 4.74 Å². The highest BCUT2D eigenvalue weighted by atomic mass is 19.4. The van der Waals surface area contributed by atoms with Gasteiger partial charge in [0, 0.05) is 19.2 Å². The summed E-state index contributed by atoms with van der Waals surface area (Å²) in [6.07, 6.45) is -8.21. The lowest BCUT2D eigenvalue weighted by atomic mass is 9.98. The third-order valence-corrected chi connectivity index (χ3v) is 7.31. The molecule has 254 valence electrons. The summed E-state index contributed by atoms with van der Waals surface area (Å²) in [4.78, 5) is 32.2. The van der Waals surface area contributed by atoms with Crippen LogP contribution in [0.2, 0.25) is 0 Å². The first kappa shape index (κ1) is 37.3. The van der Waals surface area contributed by atoms with E-state index < -0.39 is 18.6 Å². The highest BCUT2D eigenvalue weighted by molar-refractivity contribution is 6.01. The lowest BCUT2D eigenvalue weighted by Crippen LogP contribution is -2.32. The lowest BCUT2D eigenvalue weighted by molar-refractivity contribution is -0.506. The second-order valence-corrected chi connectivity index (χ2v) is 11.3. The maximum absolute atomic E-state index is 13.1. The molecule has 3 rings (SSSR count). The van der Waals surface area contributed by atoms with E-state index in [0.717, 1.165) is 53.3 Å². The highest BCUT2D eigenvalue weighted by Crippen LogP contribution is 2.28. The molecule has 0 saturated heterocycles. The van der Waals surface area contributed by atoms with E-state index in [-0.39, 0.29) is 5.91 Å². The van der Waals surface area contributed by atoms with Gasteiger partial charge in [-0.1, -0.05) is 54.1 Å². The normalized spacial score (nSPS) is 12.7. The average molecular weight is 666 g/mol. The summed E-state index contributed by atoms with van der Waals surface area (Å²) in [5.74, 6) is 0.559. The van der Waals surface area contributed by atoms with Gasteiger partial charge in [0.2, 0.25) is 6.10 Å². The Balaban J connectivity index is 1.47. The predicted molar refractivity (Wildman–Crippen MR) is 165 cm³/mol. The molecule has 0 bridgehead atoms. The Morgan fingerprint density at radius 3 is 2.13 bits per heavy atom. The summed E-state index contributed by atoms with van der Waals surface area (Å²) in [6.45, 7) is 6.54. The van der Waals surface area contributed by atoms with Crippen LogP contribution in [-0.2, 0) is 16.2 Å². The van der Waals surface area contributed by atoms with Gasteiger partial charge in [0.15, 0.2) is 6.29 Å². The van der Waals surface area contributed by atoms with E-state index in [9.17, 15) is 35.9 Å². The minimum absolute atomic E-state index is 0.186. The molecule has 0 saturated carbocycles. The number of nitrogens with zero attached hydrogens (tertiary/aromatic N) is 1. The number of carbonyl (C=O) groups is 2. The second-order valence-electron chi connectivity index (χ2n) is 11.3. The van der Waals surface area contributed by atoms with Crippen molar-refractivity contribution in [3.05, 3.63) is 105 Å². The van der Waals surface area contributed by atoms with Gasteiger partial charge in [-0.05, 0) is 92.5 Å². The van der Waals surface area contributed by atoms with Crippen LogP contribution >= 0.6 is 0 Å². The van der Waals surface area contributed by atoms with Crippen LogP contribution in [0.4, 0.5) is 26.3 Å². The van der Waals surface area contributed by atoms with E-state index >= 15 is 0 Å². The minimum Gasteiger partial charge on any atom is -0.493 e. The number of amides is 1. The number of hydrogen-bond acceptors (Lipinski definition) is 5. The fraction of sp³-hybridized carbons (Fsp3) is 0.371. The van der Waals surface area contributed by atoms with Gasteiger partial charge in [0.25, 0.3) is 5.91 Å². The fourth-order valence-corrected chi connectivity index (χ4v) is 4.82. The summed E-state index contributed by atoms with van der Waals surface area (Å²) >= 11 is 0. The zero-order valence-corrected chi connectivity index (χ0v) is 26.5. The molecule has 1 amide bonds. The minimum atomic E-state index is -5.37. The number of alkyl halides is 6. The van der Waals surface area contributed by atoms with Crippen LogP contribution in [0.15, 0.2) is 60.7 Å². The van der Waals surface area contributed by atoms with Gasteiger partial charge >= 0.3 is 12.5 Å². The highest BCUT2D eigenvalue weighted by Gasteiger charge is 2.43. The number of rotatable bonds is 15. The van der Waals surface area contributed by atoms with Gasteiger partial charge in [-0.3, -0.25) is 9.59 Å². The fourth-order valence-electron chi connectivity index (χ4n) is 4.82. The summed E-state index contributed by atoms with van der Waals surface area (Å²) < 4.78 is 81.6. The quantitative estimate of drug-likeness (QED) is 0.0534. The van der Waals surface area contributed by atoms with Crippen molar-refractivity contribution in [3.63, 3.8) is 0 Å². The SMILES string of the molecule is Cc1ccc(C=O)c(C(=O)N(C)CCCCCOc2ccc(Cc3ccc(/C=C/C(OOC(F)(F)F)C(F)(F)F)c(C)c3)cc2C)c1. The number of hydrogen-bond donors (Lipinski definition) is 0. The molecule has 0 aliphatic rings. The first-order chi connectivity index (χ1) is 22.1. The number of halogens is 6. The van der Waals surface area contributed by atoms with Crippen molar-refractivity contribution in [2.75, 3.05) is 20.2 Å². The average Bonchev–Trinajstić information content (AvgIpc) is 2.99. The van der Waals surface area contributed by atoms with Crippen LogP contribution in [-0.4, -0.2) is 55.9 Å². The molecule has 47 heavy (non-hydrogen) atoms. The lowest BCUT2D eigenvalue weighted by Gasteiger charge is -2.18. The van der Waals surface area contributed by atoms with E-state index in [1.165, 1.54) is 0 Å². The third-order valence-electron chi connectivity index (χ3n) is 7.31. The van der Waals surface area contributed by atoms with Crippen molar-refractivity contribution in [2.24, 2.45) is 0 Å². The molecule has 0 radical (unpaired) electrons. The van der Waals surface area contributed by atoms with E-state index in [4.69, 9.17) is 4.74 Å². The molecule has 3 aromatic rings. The number of benzene rings is 3. The smallest absolute Gasteiger partial charge is 0.493 e. The van der Waals surface area contributed by atoms with Gasteiger partial charge in [-0.15, -0.1) is 18.1 Å². The molecule has 0 aliphatic carbocycles. The van der Waals surface area contributed by atoms with Crippen LogP contribution in [0.25, 0.3) is 6.08 Å². The molecule has 0 fully saturated rings. The molecule has 3 aromatic carbocycles. The standard InChI is InChI=1S/C35H37F6NO5/c1-23-8-11-29(22-43)30(18-23)33(44)42(4)16-6-5-7-17-45-31-14-10-27(20-25(31)3)21-26-9-12-28(24(2)19-26)13-15-32(34(36,37)38)46-47-35(39,40)41/h8-15,18-20,22,32H,5-7,16-17,21H2,1-4H3/b15-13+. The molecule has 0 aromatic heterocycles. The van der Waals surface area contributed by atoms with E-state index in [1.54, 1.807) is 55.3 Å². The van der Waals surface area contributed by atoms with Crippen molar-refractivity contribution in [2.45, 2.75) is 65.1 Å². The molecular formula is C35H37F6NO5. The van der Waals surface area contributed by atoms with Crippen LogP contribution in [0.5, 0.6) is 5.75 Å². The molecular weight excluding hydrogens is 628 g/mol. The van der Waals surface area contributed by atoms with Crippen LogP contribution in [0.3, 0.4) is 0 Å². The monoisotopic (exact) mass is 665 g/mol. The Bertz CT molecular complexity index is 1550. The Labute approximate surface area is 269 Å². The predicted octanol–water partition coefficient (Wildman–Crippen LogP) is 8.75. The van der Waals surface area contributed by atoms with Crippen molar-refractivity contribution in [1.29, 1.82) is 0 Å². The summed E-state index contributed by atoms with van der Waals surface area (Å²) in [6, 6.07) is 16.1. The summed E-state index contributed by atoms with van der Waals surface area (Å²) in [7, 11) is 1.72. The molecule has 6 nitrogen and oxygen atoms in total. The van der Waals surface area contributed by atoms with Gasteiger partial charge < -0.3 is 9.64 Å².